The average molecular weight is 389 g/mol. The molecule has 0 unspecified atom stereocenters. The molecule has 0 atom stereocenters. The Balaban J connectivity index is 1.74. The number of anilines is 1. The number of para-hydroxylation sites is 1. The van der Waals surface area contributed by atoms with Crippen LogP contribution in [0.3, 0.4) is 0 Å². The molecule has 0 bridgehead atoms. The number of amides is 1. The summed E-state index contributed by atoms with van der Waals surface area (Å²) in [5.41, 5.74) is 2.23. The monoisotopic (exact) mass is 388 g/mol. The first-order valence-corrected chi connectivity index (χ1v) is 8.49. The fraction of sp³-hybridized carbons (Fsp3) is 0.158. The van der Waals surface area contributed by atoms with Crippen LogP contribution < -0.4 is 14.5 Å². The minimum Gasteiger partial charge on any atom is -0.471 e. The van der Waals surface area contributed by atoms with Crippen molar-refractivity contribution >= 4 is 23.4 Å². The van der Waals surface area contributed by atoms with Crippen molar-refractivity contribution in [2.24, 2.45) is 0 Å². The number of rotatable bonds is 6. The smallest absolute Gasteiger partial charge is 0.438 e. The fourth-order valence-electron chi connectivity index (χ4n) is 2.51. The molecule has 2 aromatic carbocycles. The van der Waals surface area contributed by atoms with Crippen LogP contribution in [0.5, 0.6) is 5.88 Å². The molecule has 0 saturated carbocycles. The van der Waals surface area contributed by atoms with Gasteiger partial charge in [0.25, 0.3) is 0 Å². The van der Waals surface area contributed by atoms with Crippen LogP contribution in [0.15, 0.2) is 60.8 Å². The van der Waals surface area contributed by atoms with E-state index in [2.05, 4.69) is 5.10 Å². The number of methoxy groups -OCH3 is 1. The van der Waals surface area contributed by atoms with Gasteiger partial charge in [-0.05, 0) is 18.2 Å². The fourth-order valence-corrected chi connectivity index (χ4v) is 2.63. The van der Waals surface area contributed by atoms with Crippen LogP contribution in [0, 0.1) is 0 Å². The van der Waals surface area contributed by atoms with Crippen molar-refractivity contribution in [3.63, 3.8) is 0 Å². The Morgan fingerprint density at radius 3 is 2.56 bits per heavy atom. The Kier molecular flexibility index (Phi) is 5.95. The number of carbonyl (C=O) groups excluding carboxylic acids is 1. The molecule has 1 aromatic heterocycles. The van der Waals surface area contributed by atoms with E-state index in [-0.39, 0.29) is 6.61 Å². The number of hydroxylamine groups is 1. The van der Waals surface area contributed by atoms with Gasteiger partial charge < -0.3 is 9.47 Å². The highest BCUT2D eigenvalue weighted by Gasteiger charge is 2.20. The van der Waals surface area contributed by atoms with Crippen LogP contribution in [-0.2, 0) is 16.2 Å². The first-order chi connectivity index (χ1) is 13.1. The summed E-state index contributed by atoms with van der Waals surface area (Å²) in [4.78, 5) is 17.0. The Labute approximate surface area is 161 Å². The van der Waals surface area contributed by atoms with E-state index in [4.69, 9.17) is 25.9 Å². The lowest BCUT2D eigenvalue weighted by Crippen LogP contribution is -2.31. The second kappa shape index (κ2) is 8.57. The first-order valence-electron chi connectivity index (χ1n) is 8.12. The lowest BCUT2D eigenvalue weighted by molar-refractivity contribution is -0.655. The molecule has 0 spiro atoms. The number of H-pyrrole nitrogens is 1. The van der Waals surface area contributed by atoms with Gasteiger partial charge in [-0.1, -0.05) is 34.5 Å². The van der Waals surface area contributed by atoms with Crippen LogP contribution in [0.1, 0.15) is 5.56 Å². The Bertz CT molecular complexity index is 911. The van der Waals surface area contributed by atoms with Gasteiger partial charge >= 0.3 is 6.09 Å². The van der Waals surface area contributed by atoms with Gasteiger partial charge in [-0.25, -0.2) is 4.79 Å². The first kappa shape index (κ1) is 18.8. The van der Waals surface area contributed by atoms with E-state index in [1.54, 1.807) is 12.1 Å². The van der Waals surface area contributed by atoms with Gasteiger partial charge in [0.05, 0.1) is 26.0 Å². The molecule has 140 valence electrons. The topological polar surface area (TPSA) is 67.7 Å². The third-order valence-electron chi connectivity index (χ3n) is 3.83. The third kappa shape index (κ3) is 4.39. The average Bonchev–Trinajstić information content (AvgIpc) is 3.17. The second-order valence-electron chi connectivity index (χ2n) is 5.50. The van der Waals surface area contributed by atoms with Gasteiger partial charge in [-0.15, -0.1) is 5.10 Å². The summed E-state index contributed by atoms with van der Waals surface area (Å²) >= 11 is 5.92. The molecule has 7 nitrogen and oxygen atoms in total. The number of aromatic nitrogens is 2. The molecule has 27 heavy (non-hydrogen) atoms. The lowest BCUT2D eigenvalue weighted by Gasteiger charge is -2.20. The largest absolute Gasteiger partial charge is 0.471 e. The van der Waals surface area contributed by atoms with Gasteiger partial charge in [-0.2, -0.15) is 5.06 Å². The van der Waals surface area contributed by atoms with E-state index in [1.807, 2.05) is 53.3 Å². The molecular formula is C19H19ClN3O4+. The normalized spacial score (nSPS) is 10.5. The number of carbonyl (C=O) groups is 1. The highest BCUT2D eigenvalue weighted by molar-refractivity contribution is 6.30. The molecule has 0 saturated heterocycles. The number of halogens is 1. The van der Waals surface area contributed by atoms with Gasteiger partial charge in [0.2, 0.25) is 17.8 Å². The minimum absolute atomic E-state index is 0.230. The van der Waals surface area contributed by atoms with Crippen LogP contribution in [-0.4, -0.2) is 25.4 Å². The Morgan fingerprint density at radius 1 is 1.11 bits per heavy atom. The molecular weight excluding hydrogens is 370 g/mol. The molecule has 0 aliphatic rings. The summed E-state index contributed by atoms with van der Waals surface area (Å²) in [5, 5.41) is 4.87. The molecule has 1 amide bonds. The summed E-state index contributed by atoms with van der Waals surface area (Å²) in [6, 6.07) is 16.5. The molecule has 3 rings (SSSR count). The van der Waals surface area contributed by atoms with Crippen molar-refractivity contribution in [2.75, 3.05) is 19.3 Å². The van der Waals surface area contributed by atoms with Gasteiger partial charge in [0.1, 0.15) is 6.61 Å². The summed E-state index contributed by atoms with van der Waals surface area (Å²) in [6.45, 7) is 0.230. The van der Waals surface area contributed by atoms with E-state index in [9.17, 15) is 4.79 Å². The van der Waals surface area contributed by atoms with Crippen molar-refractivity contribution in [1.29, 1.82) is 0 Å². The van der Waals surface area contributed by atoms with Crippen LogP contribution in [0.25, 0.3) is 5.69 Å². The van der Waals surface area contributed by atoms with E-state index in [0.29, 0.717) is 16.6 Å². The predicted molar refractivity (Wildman–Crippen MR) is 100 cm³/mol. The van der Waals surface area contributed by atoms with Crippen LogP contribution in [0.2, 0.25) is 5.02 Å². The number of hydrogen-bond donors (Lipinski definition) is 1. The molecule has 0 aliphatic heterocycles. The molecule has 1 N–H and O–H groups in total. The Morgan fingerprint density at radius 2 is 1.85 bits per heavy atom. The summed E-state index contributed by atoms with van der Waals surface area (Å²) in [7, 11) is 2.69. The zero-order valence-electron chi connectivity index (χ0n) is 14.9. The number of hydrogen-bond acceptors (Lipinski definition) is 4. The molecule has 8 heteroatoms. The maximum atomic E-state index is 11.9. The van der Waals surface area contributed by atoms with Crippen LogP contribution in [0.4, 0.5) is 10.5 Å². The summed E-state index contributed by atoms with van der Waals surface area (Å²) < 4.78 is 12.4. The summed E-state index contributed by atoms with van der Waals surface area (Å²) in [5.74, 6) is 0.571. The van der Waals surface area contributed by atoms with Crippen molar-refractivity contribution in [2.45, 2.75) is 6.61 Å². The maximum absolute atomic E-state index is 11.9. The maximum Gasteiger partial charge on any atom is 0.438 e. The van der Waals surface area contributed by atoms with Gasteiger partial charge in [0, 0.05) is 22.7 Å². The summed E-state index contributed by atoms with van der Waals surface area (Å²) in [6.07, 6.45) is 1.23. The second-order valence-corrected chi connectivity index (χ2v) is 5.94. The van der Waals surface area contributed by atoms with Gasteiger partial charge in [-0.3, -0.25) is 4.84 Å². The molecule has 3 aromatic rings. The van der Waals surface area contributed by atoms with E-state index < -0.39 is 6.09 Å². The zero-order valence-corrected chi connectivity index (χ0v) is 15.6. The third-order valence-corrected chi connectivity index (χ3v) is 4.08. The van der Waals surface area contributed by atoms with Gasteiger partial charge in [0.15, 0.2) is 0 Å². The van der Waals surface area contributed by atoms with E-state index >= 15 is 0 Å². The molecule has 0 fully saturated rings. The lowest BCUT2D eigenvalue weighted by atomic mass is 10.2. The Hall–Kier alpha value is -3.03. The number of nitrogens with zero attached hydrogens (tertiary/aromatic N) is 2. The molecule has 0 aliphatic carbocycles. The number of aromatic amines is 1. The van der Waals surface area contributed by atoms with Crippen molar-refractivity contribution < 1.29 is 23.8 Å². The van der Waals surface area contributed by atoms with Crippen molar-refractivity contribution in [3.8, 4) is 11.6 Å². The number of benzene rings is 2. The zero-order chi connectivity index (χ0) is 19.2. The van der Waals surface area contributed by atoms with E-state index in [0.717, 1.165) is 16.3 Å². The highest BCUT2D eigenvalue weighted by atomic mass is 35.5. The molecule has 1 heterocycles. The highest BCUT2D eigenvalue weighted by Crippen LogP contribution is 2.23. The quantitative estimate of drug-likeness (QED) is 0.517. The van der Waals surface area contributed by atoms with Crippen molar-refractivity contribution in [3.05, 3.63) is 71.4 Å². The number of nitrogens with one attached hydrogen (secondary N) is 1. The predicted octanol–water partition coefficient (Wildman–Crippen LogP) is 3.66. The van der Waals surface area contributed by atoms with Crippen molar-refractivity contribution in [1.82, 2.24) is 5.10 Å². The standard InChI is InChI=1S/C19H18ClN3O4/c1-25-19(24)23(26-2)17-6-4-3-5-14(17)13-27-18-11-12-22(21-18)16-9-7-15(20)8-10-16/h3-12H,13H2,1-2H3/p+1. The molecule has 0 radical (unpaired) electrons. The SMILES string of the molecule is COC(=O)N(OC)c1ccccc1COc1cc[n+](-c2ccc(Cl)cc2)[nH]1. The minimum atomic E-state index is -0.620. The number of ether oxygens (including phenoxy) is 2. The van der Waals surface area contributed by atoms with E-state index in [1.165, 1.54) is 14.2 Å². The van der Waals surface area contributed by atoms with Crippen LogP contribution >= 0.6 is 11.6 Å².